The van der Waals surface area contributed by atoms with Crippen LogP contribution in [0.25, 0.3) is 0 Å². The molecular formula is C16H25NO3. The van der Waals surface area contributed by atoms with Gasteiger partial charge in [-0.15, -0.1) is 0 Å². The van der Waals surface area contributed by atoms with Gasteiger partial charge in [0, 0.05) is 17.6 Å². The molecule has 0 bridgehead atoms. The molecule has 0 aliphatic heterocycles. The summed E-state index contributed by atoms with van der Waals surface area (Å²) in [6, 6.07) is 7.26. The molecule has 4 nitrogen and oxygen atoms in total. The minimum Gasteiger partial charge on any atom is -0.462 e. The Morgan fingerprint density at radius 3 is 2.55 bits per heavy atom. The van der Waals surface area contributed by atoms with E-state index in [1.54, 1.807) is 19.1 Å². The van der Waals surface area contributed by atoms with Crippen LogP contribution in [0.5, 0.6) is 0 Å². The molecule has 2 N–H and O–H groups in total. The largest absolute Gasteiger partial charge is 0.462 e. The van der Waals surface area contributed by atoms with Crippen molar-refractivity contribution in [2.45, 2.75) is 33.6 Å². The van der Waals surface area contributed by atoms with Crippen molar-refractivity contribution in [2.75, 3.05) is 25.1 Å². The van der Waals surface area contributed by atoms with Crippen molar-refractivity contribution in [1.82, 2.24) is 0 Å². The van der Waals surface area contributed by atoms with Crippen LogP contribution in [-0.4, -0.2) is 30.8 Å². The lowest BCUT2D eigenvalue weighted by Gasteiger charge is -2.30. The smallest absolute Gasteiger partial charge is 0.338 e. The molecule has 1 aromatic rings. The maximum absolute atomic E-state index is 11.7. The lowest BCUT2D eigenvalue weighted by atomic mass is 9.83. The molecule has 0 saturated heterocycles. The first-order valence-electron chi connectivity index (χ1n) is 7.22. The number of anilines is 1. The van der Waals surface area contributed by atoms with E-state index in [2.05, 4.69) is 19.2 Å². The van der Waals surface area contributed by atoms with Gasteiger partial charge in [0.1, 0.15) is 0 Å². The normalized spacial score (nSPS) is 11.2. The molecule has 0 amide bonds. The van der Waals surface area contributed by atoms with Crippen LogP contribution in [-0.2, 0) is 4.74 Å². The zero-order valence-electron chi connectivity index (χ0n) is 12.6. The Morgan fingerprint density at radius 2 is 2.00 bits per heavy atom. The molecular weight excluding hydrogens is 254 g/mol. The molecule has 0 radical (unpaired) electrons. The SMILES string of the molecule is CCOC(=O)c1cccc(NCC(CC)(CC)CO)c1. The lowest BCUT2D eigenvalue weighted by Crippen LogP contribution is -2.32. The Kier molecular flexibility index (Phi) is 6.52. The van der Waals surface area contributed by atoms with Gasteiger partial charge in [0.05, 0.1) is 18.8 Å². The van der Waals surface area contributed by atoms with Crippen LogP contribution in [0.3, 0.4) is 0 Å². The molecule has 0 heterocycles. The van der Waals surface area contributed by atoms with Crippen LogP contribution in [0.15, 0.2) is 24.3 Å². The molecule has 0 aliphatic rings. The van der Waals surface area contributed by atoms with E-state index in [9.17, 15) is 9.90 Å². The summed E-state index contributed by atoms with van der Waals surface area (Å²) in [7, 11) is 0. The summed E-state index contributed by atoms with van der Waals surface area (Å²) in [4.78, 5) is 11.7. The Labute approximate surface area is 121 Å². The van der Waals surface area contributed by atoms with E-state index in [0.717, 1.165) is 18.5 Å². The maximum atomic E-state index is 11.7. The number of aliphatic hydroxyl groups is 1. The first kappa shape index (κ1) is 16.5. The molecule has 0 saturated carbocycles. The maximum Gasteiger partial charge on any atom is 0.338 e. The third kappa shape index (κ3) is 4.23. The van der Waals surface area contributed by atoms with Gasteiger partial charge in [-0.25, -0.2) is 4.79 Å². The summed E-state index contributed by atoms with van der Waals surface area (Å²) in [6.07, 6.45) is 1.81. The average molecular weight is 279 g/mol. The minimum atomic E-state index is -0.310. The minimum absolute atomic E-state index is 0.111. The zero-order chi connectivity index (χ0) is 15.0. The molecule has 1 rings (SSSR count). The molecule has 1 aromatic carbocycles. The van der Waals surface area contributed by atoms with E-state index in [1.807, 2.05) is 12.1 Å². The topological polar surface area (TPSA) is 58.6 Å². The number of benzene rings is 1. The highest BCUT2D eigenvalue weighted by atomic mass is 16.5. The van der Waals surface area contributed by atoms with Crippen LogP contribution < -0.4 is 5.32 Å². The van der Waals surface area contributed by atoms with E-state index in [-0.39, 0.29) is 18.0 Å². The third-order valence-corrected chi connectivity index (χ3v) is 3.88. The van der Waals surface area contributed by atoms with Gasteiger partial charge in [0.2, 0.25) is 0 Å². The predicted molar refractivity (Wildman–Crippen MR) is 81.0 cm³/mol. The van der Waals surface area contributed by atoms with Gasteiger partial charge in [-0.2, -0.15) is 0 Å². The first-order valence-corrected chi connectivity index (χ1v) is 7.22. The summed E-state index contributed by atoms with van der Waals surface area (Å²) < 4.78 is 4.99. The Bertz CT molecular complexity index is 419. The second kappa shape index (κ2) is 7.90. The van der Waals surface area contributed by atoms with Crippen LogP contribution in [0.1, 0.15) is 44.0 Å². The lowest BCUT2D eigenvalue weighted by molar-refractivity contribution is 0.0526. The molecule has 112 valence electrons. The van der Waals surface area contributed by atoms with Gasteiger partial charge in [0.15, 0.2) is 0 Å². The van der Waals surface area contributed by atoms with Gasteiger partial charge < -0.3 is 15.2 Å². The fourth-order valence-corrected chi connectivity index (χ4v) is 2.04. The summed E-state index contributed by atoms with van der Waals surface area (Å²) in [5.74, 6) is -0.310. The highest BCUT2D eigenvalue weighted by Gasteiger charge is 2.24. The number of hydrogen-bond acceptors (Lipinski definition) is 4. The fraction of sp³-hybridized carbons (Fsp3) is 0.562. The molecule has 0 fully saturated rings. The number of ether oxygens (including phenoxy) is 1. The average Bonchev–Trinajstić information content (AvgIpc) is 2.50. The van der Waals surface area contributed by atoms with Gasteiger partial charge in [-0.05, 0) is 38.0 Å². The molecule has 0 aromatic heterocycles. The zero-order valence-corrected chi connectivity index (χ0v) is 12.6. The molecule has 0 spiro atoms. The number of nitrogens with one attached hydrogen (secondary N) is 1. The number of rotatable bonds is 8. The predicted octanol–water partition coefficient (Wildman–Crippen LogP) is 3.07. The van der Waals surface area contributed by atoms with E-state index in [4.69, 9.17) is 4.74 Å². The van der Waals surface area contributed by atoms with Crippen molar-refractivity contribution in [3.63, 3.8) is 0 Å². The van der Waals surface area contributed by atoms with Crippen molar-refractivity contribution in [1.29, 1.82) is 0 Å². The number of carbonyl (C=O) groups is 1. The third-order valence-electron chi connectivity index (χ3n) is 3.88. The number of aliphatic hydroxyl groups excluding tert-OH is 1. The second-order valence-corrected chi connectivity index (χ2v) is 5.02. The van der Waals surface area contributed by atoms with Crippen molar-refractivity contribution in [3.8, 4) is 0 Å². The van der Waals surface area contributed by atoms with E-state index in [0.29, 0.717) is 18.7 Å². The number of carbonyl (C=O) groups excluding carboxylic acids is 1. The molecule has 20 heavy (non-hydrogen) atoms. The van der Waals surface area contributed by atoms with Crippen molar-refractivity contribution < 1.29 is 14.6 Å². The molecule has 4 heteroatoms. The highest BCUT2D eigenvalue weighted by Crippen LogP contribution is 2.26. The summed E-state index contributed by atoms with van der Waals surface area (Å²) in [5, 5.41) is 12.9. The quantitative estimate of drug-likeness (QED) is 0.718. The standard InChI is InChI=1S/C16H25NO3/c1-4-16(5-2,12-18)11-17-14-9-7-8-13(10-14)15(19)20-6-3/h7-10,17-18H,4-6,11-12H2,1-3H3. The summed E-state index contributed by atoms with van der Waals surface area (Å²) in [5.41, 5.74) is 1.30. The van der Waals surface area contributed by atoms with E-state index in [1.165, 1.54) is 0 Å². The van der Waals surface area contributed by atoms with Gasteiger partial charge in [-0.3, -0.25) is 0 Å². The Balaban J connectivity index is 2.73. The van der Waals surface area contributed by atoms with Crippen molar-refractivity contribution in [3.05, 3.63) is 29.8 Å². The summed E-state index contributed by atoms with van der Waals surface area (Å²) in [6.45, 7) is 7.16. The Hall–Kier alpha value is -1.55. The van der Waals surface area contributed by atoms with Crippen LogP contribution in [0.4, 0.5) is 5.69 Å². The van der Waals surface area contributed by atoms with Crippen LogP contribution in [0, 0.1) is 5.41 Å². The van der Waals surface area contributed by atoms with Crippen LogP contribution in [0.2, 0.25) is 0 Å². The van der Waals surface area contributed by atoms with Gasteiger partial charge >= 0.3 is 5.97 Å². The number of hydrogen-bond donors (Lipinski definition) is 2. The molecule has 0 aliphatic carbocycles. The first-order chi connectivity index (χ1) is 9.60. The van der Waals surface area contributed by atoms with Gasteiger partial charge in [0.25, 0.3) is 0 Å². The van der Waals surface area contributed by atoms with Crippen LogP contribution >= 0.6 is 0 Å². The van der Waals surface area contributed by atoms with E-state index < -0.39 is 0 Å². The summed E-state index contributed by atoms with van der Waals surface area (Å²) >= 11 is 0. The Morgan fingerprint density at radius 1 is 1.30 bits per heavy atom. The molecule has 0 unspecified atom stereocenters. The monoisotopic (exact) mass is 279 g/mol. The fourth-order valence-electron chi connectivity index (χ4n) is 2.04. The second-order valence-electron chi connectivity index (χ2n) is 5.02. The van der Waals surface area contributed by atoms with Gasteiger partial charge in [-0.1, -0.05) is 19.9 Å². The highest BCUT2D eigenvalue weighted by molar-refractivity contribution is 5.90. The number of esters is 1. The van der Waals surface area contributed by atoms with Crippen molar-refractivity contribution in [2.24, 2.45) is 5.41 Å². The van der Waals surface area contributed by atoms with E-state index >= 15 is 0 Å². The molecule has 0 atom stereocenters. The van der Waals surface area contributed by atoms with Crippen molar-refractivity contribution >= 4 is 11.7 Å².